The molecular weight excluding hydrogens is 222 g/mol. The van der Waals surface area contributed by atoms with E-state index in [1.807, 2.05) is 6.92 Å². The fourth-order valence-electron chi connectivity index (χ4n) is 2.09. The molecular formula is C15H21N3. The second-order valence-electron chi connectivity index (χ2n) is 4.64. The molecule has 1 heterocycles. The minimum Gasteiger partial charge on any atom is -0.315 e. The molecule has 0 bridgehead atoms. The lowest BCUT2D eigenvalue weighted by Gasteiger charge is -2.06. The first-order valence-electron chi connectivity index (χ1n) is 6.51. The molecule has 0 saturated carbocycles. The molecule has 2 aromatic rings. The number of aryl methyl sites for hydroxylation is 2. The summed E-state index contributed by atoms with van der Waals surface area (Å²) in [5.41, 5.74) is 3.71. The van der Waals surface area contributed by atoms with Crippen molar-refractivity contribution in [2.75, 3.05) is 13.1 Å². The van der Waals surface area contributed by atoms with Gasteiger partial charge in [0.1, 0.15) is 0 Å². The number of aromatic nitrogens is 2. The van der Waals surface area contributed by atoms with Crippen molar-refractivity contribution in [2.45, 2.75) is 26.8 Å². The largest absolute Gasteiger partial charge is 0.315 e. The molecule has 0 amide bonds. The number of nitrogens with zero attached hydrogens (tertiary/aromatic N) is 2. The lowest BCUT2D eigenvalue weighted by Crippen LogP contribution is -2.23. The fourth-order valence-corrected chi connectivity index (χ4v) is 2.09. The van der Waals surface area contributed by atoms with Crippen LogP contribution in [0.25, 0.3) is 0 Å². The highest BCUT2D eigenvalue weighted by Crippen LogP contribution is 2.01. The lowest BCUT2D eigenvalue weighted by atomic mass is 10.1. The normalized spacial score (nSPS) is 10.8. The van der Waals surface area contributed by atoms with Gasteiger partial charge in [0.2, 0.25) is 0 Å². The maximum atomic E-state index is 4.44. The molecule has 18 heavy (non-hydrogen) atoms. The van der Waals surface area contributed by atoms with Crippen LogP contribution in [-0.4, -0.2) is 22.9 Å². The van der Waals surface area contributed by atoms with Crippen molar-refractivity contribution in [1.82, 2.24) is 15.1 Å². The average Bonchev–Trinajstić information content (AvgIpc) is 2.69. The predicted molar refractivity (Wildman–Crippen MR) is 74.7 cm³/mol. The van der Waals surface area contributed by atoms with Crippen molar-refractivity contribution in [3.8, 4) is 0 Å². The van der Waals surface area contributed by atoms with E-state index >= 15 is 0 Å². The van der Waals surface area contributed by atoms with Crippen LogP contribution in [0.5, 0.6) is 0 Å². The van der Waals surface area contributed by atoms with Crippen molar-refractivity contribution in [1.29, 1.82) is 0 Å². The van der Waals surface area contributed by atoms with Gasteiger partial charge in [0.25, 0.3) is 0 Å². The average molecular weight is 243 g/mol. The van der Waals surface area contributed by atoms with Crippen LogP contribution < -0.4 is 5.32 Å². The molecule has 0 saturated heterocycles. The molecule has 3 nitrogen and oxygen atoms in total. The number of nitrogens with one attached hydrogen (secondary N) is 1. The Morgan fingerprint density at radius 2 is 1.89 bits per heavy atom. The number of benzene rings is 1. The molecule has 0 aliphatic rings. The number of hydrogen-bond donors (Lipinski definition) is 1. The van der Waals surface area contributed by atoms with Gasteiger partial charge in [0.15, 0.2) is 0 Å². The van der Waals surface area contributed by atoms with E-state index in [4.69, 9.17) is 0 Å². The highest BCUT2D eigenvalue weighted by Gasteiger charge is 1.99. The monoisotopic (exact) mass is 243 g/mol. The van der Waals surface area contributed by atoms with Crippen LogP contribution >= 0.6 is 0 Å². The van der Waals surface area contributed by atoms with Gasteiger partial charge in [-0.2, -0.15) is 5.10 Å². The van der Waals surface area contributed by atoms with E-state index in [0.29, 0.717) is 0 Å². The summed E-state index contributed by atoms with van der Waals surface area (Å²) in [5.74, 6) is 0. The molecule has 1 aromatic carbocycles. The van der Waals surface area contributed by atoms with Gasteiger partial charge in [-0.05, 0) is 38.4 Å². The zero-order valence-corrected chi connectivity index (χ0v) is 11.2. The SMILES string of the molecule is Cc1cc(C)n(CCNCCc2ccccc2)n1. The summed E-state index contributed by atoms with van der Waals surface area (Å²) in [6, 6.07) is 12.7. The van der Waals surface area contributed by atoms with Gasteiger partial charge in [-0.1, -0.05) is 30.3 Å². The Balaban J connectivity index is 1.66. The zero-order chi connectivity index (χ0) is 12.8. The molecule has 0 fully saturated rings. The summed E-state index contributed by atoms with van der Waals surface area (Å²) in [5, 5.41) is 7.90. The van der Waals surface area contributed by atoms with E-state index < -0.39 is 0 Å². The van der Waals surface area contributed by atoms with Crippen LogP contribution in [0.1, 0.15) is 17.0 Å². The van der Waals surface area contributed by atoms with Gasteiger partial charge in [-0.25, -0.2) is 0 Å². The fraction of sp³-hybridized carbons (Fsp3) is 0.400. The van der Waals surface area contributed by atoms with Crippen LogP contribution in [0.3, 0.4) is 0 Å². The highest BCUT2D eigenvalue weighted by molar-refractivity contribution is 5.14. The van der Waals surface area contributed by atoms with Gasteiger partial charge in [0.05, 0.1) is 12.2 Å². The molecule has 1 N–H and O–H groups in total. The predicted octanol–water partition coefficient (Wildman–Crippen LogP) is 2.33. The van der Waals surface area contributed by atoms with E-state index in [0.717, 1.165) is 31.7 Å². The van der Waals surface area contributed by atoms with E-state index in [9.17, 15) is 0 Å². The van der Waals surface area contributed by atoms with Crippen molar-refractivity contribution in [3.63, 3.8) is 0 Å². The van der Waals surface area contributed by atoms with E-state index in [1.165, 1.54) is 11.3 Å². The Morgan fingerprint density at radius 3 is 2.56 bits per heavy atom. The Labute approximate surface area is 109 Å². The summed E-state index contributed by atoms with van der Waals surface area (Å²) >= 11 is 0. The minimum absolute atomic E-state index is 0.939. The zero-order valence-electron chi connectivity index (χ0n) is 11.2. The molecule has 0 atom stereocenters. The third kappa shape index (κ3) is 3.70. The van der Waals surface area contributed by atoms with Crippen LogP contribution in [-0.2, 0) is 13.0 Å². The van der Waals surface area contributed by atoms with Crippen LogP contribution in [0.4, 0.5) is 0 Å². The Hall–Kier alpha value is -1.61. The van der Waals surface area contributed by atoms with Gasteiger partial charge in [-0.15, -0.1) is 0 Å². The maximum absolute atomic E-state index is 4.44. The summed E-state index contributed by atoms with van der Waals surface area (Å²) in [6.07, 6.45) is 1.08. The minimum atomic E-state index is 0.939. The van der Waals surface area contributed by atoms with E-state index in [1.54, 1.807) is 0 Å². The second-order valence-corrected chi connectivity index (χ2v) is 4.64. The molecule has 0 aliphatic carbocycles. The molecule has 0 aliphatic heterocycles. The first-order chi connectivity index (χ1) is 8.75. The van der Waals surface area contributed by atoms with Crippen LogP contribution in [0.2, 0.25) is 0 Å². The van der Waals surface area contributed by atoms with Crippen molar-refractivity contribution in [3.05, 3.63) is 53.3 Å². The standard InChI is InChI=1S/C15H21N3/c1-13-12-14(2)18(17-13)11-10-16-9-8-15-6-4-3-5-7-15/h3-7,12,16H,8-11H2,1-2H3. The topological polar surface area (TPSA) is 29.9 Å². The van der Waals surface area contributed by atoms with Crippen LogP contribution in [0, 0.1) is 13.8 Å². The first-order valence-corrected chi connectivity index (χ1v) is 6.51. The summed E-state index contributed by atoms with van der Waals surface area (Å²) in [6.45, 7) is 7.06. The van der Waals surface area contributed by atoms with Crippen molar-refractivity contribution < 1.29 is 0 Å². The summed E-state index contributed by atoms with van der Waals surface area (Å²) in [7, 11) is 0. The molecule has 0 radical (unpaired) electrons. The Bertz CT molecular complexity index is 474. The molecule has 2 rings (SSSR count). The van der Waals surface area contributed by atoms with Gasteiger partial charge >= 0.3 is 0 Å². The second kappa shape index (κ2) is 6.36. The smallest absolute Gasteiger partial charge is 0.0596 e. The first kappa shape index (κ1) is 12.8. The van der Waals surface area contributed by atoms with Crippen LogP contribution in [0.15, 0.2) is 36.4 Å². The number of rotatable bonds is 6. The quantitative estimate of drug-likeness (QED) is 0.789. The van der Waals surface area contributed by atoms with E-state index in [2.05, 4.69) is 58.4 Å². The third-order valence-electron chi connectivity index (χ3n) is 3.04. The van der Waals surface area contributed by atoms with Crippen molar-refractivity contribution >= 4 is 0 Å². The molecule has 96 valence electrons. The molecule has 3 heteroatoms. The molecule has 1 aromatic heterocycles. The Kier molecular flexibility index (Phi) is 4.53. The maximum Gasteiger partial charge on any atom is 0.0596 e. The molecule has 0 unspecified atom stereocenters. The van der Waals surface area contributed by atoms with Gasteiger partial charge < -0.3 is 5.32 Å². The van der Waals surface area contributed by atoms with Crippen molar-refractivity contribution in [2.24, 2.45) is 0 Å². The van der Waals surface area contributed by atoms with Gasteiger partial charge in [0, 0.05) is 12.2 Å². The highest BCUT2D eigenvalue weighted by atomic mass is 15.3. The summed E-state index contributed by atoms with van der Waals surface area (Å²) in [4.78, 5) is 0. The van der Waals surface area contributed by atoms with Gasteiger partial charge in [-0.3, -0.25) is 4.68 Å². The lowest BCUT2D eigenvalue weighted by molar-refractivity contribution is 0.544. The van der Waals surface area contributed by atoms with E-state index in [-0.39, 0.29) is 0 Å². The number of hydrogen-bond acceptors (Lipinski definition) is 2. The summed E-state index contributed by atoms with van der Waals surface area (Å²) < 4.78 is 2.06. The molecule has 0 spiro atoms. The Morgan fingerprint density at radius 1 is 1.11 bits per heavy atom. The third-order valence-corrected chi connectivity index (χ3v) is 3.04.